The van der Waals surface area contributed by atoms with E-state index in [2.05, 4.69) is 41.9 Å². The van der Waals surface area contributed by atoms with E-state index in [4.69, 9.17) is 10.5 Å². The lowest BCUT2D eigenvalue weighted by Gasteiger charge is -2.17. The van der Waals surface area contributed by atoms with Gasteiger partial charge in [0, 0.05) is 16.9 Å². The fourth-order valence-electron chi connectivity index (χ4n) is 2.03. The van der Waals surface area contributed by atoms with Crippen LogP contribution < -0.4 is 10.5 Å². The van der Waals surface area contributed by atoms with Crippen molar-refractivity contribution in [2.45, 2.75) is 32.7 Å². The second kappa shape index (κ2) is 4.76. The van der Waals surface area contributed by atoms with Crippen LogP contribution in [0.3, 0.4) is 0 Å². The van der Waals surface area contributed by atoms with Gasteiger partial charge in [0.05, 0.1) is 6.61 Å². The third kappa shape index (κ3) is 2.41. The molecule has 0 bridgehead atoms. The molecule has 0 spiro atoms. The standard InChI is InChI=1S/C13H18BrNO/c1-8(9(2)15)5-11-7-12(14)6-10-3-4-16-13(10)11/h6-9H,3-5,15H2,1-2H3. The van der Waals surface area contributed by atoms with Gasteiger partial charge in [-0.15, -0.1) is 0 Å². The zero-order valence-corrected chi connectivity index (χ0v) is 11.4. The zero-order chi connectivity index (χ0) is 11.7. The third-order valence-corrected chi connectivity index (χ3v) is 3.72. The molecule has 2 rings (SSSR count). The Kier molecular flexibility index (Phi) is 3.55. The van der Waals surface area contributed by atoms with Crippen molar-refractivity contribution in [2.24, 2.45) is 11.7 Å². The molecule has 1 heterocycles. The van der Waals surface area contributed by atoms with Crippen LogP contribution in [0, 0.1) is 5.92 Å². The number of fused-ring (bicyclic) bond motifs is 1. The molecule has 0 fully saturated rings. The van der Waals surface area contributed by atoms with Crippen molar-refractivity contribution in [1.29, 1.82) is 0 Å². The minimum atomic E-state index is 0.219. The second-order valence-corrected chi connectivity index (χ2v) is 5.61. The molecule has 0 aromatic heterocycles. The highest BCUT2D eigenvalue weighted by Gasteiger charge is 2.19. The maximum atomic E-state index is 5.91. The molecule has 16 heavy (non-hydrogen) atoms. The Morgan fingerprint density at radius 3 is 2.88 bits per heavy atom. The van der Waals surface area contributed by atoms with Crippen LogP contribution >= 0.6 is 15.9 Å². The molecule has 0 aliphatic carbocycles. The summed E-state index contributed by atoms with van der Waals surface area (Å²) in [6.07, 6.45) is 2.01. The molecule has 1 aromatic rings. The summed E-state index contributed by atoms with van der Waals surface area (Å²) in [5.74, 6) is 1.57. The molecule has 3 heteroatoms. The third-order valence-electron chi connectivity index (χ3n) is 3.26. The van der Waals surface area contributed by atoms with Crippen LogP contribution in [0.5, 0.6) is 5.75 Å². The van der Waals surface area contributed by atoms with E-state index in [1.54, 1.807) is 0 Å². The molecule has 2 N–H and O–H groups in total. The number of rotatable bonds is 3. The average Bonchev–Trinajstić information content (AvgIpc) is 2.65. The Hall–Kier alpha value is -0.540. The first-order chi connectivity index (χ1) is 7.58. The minimum absolute atomic E-state index is 0.219. The normalized spacial score (nSPS) is 17.8. The lowest BCUT2D eigenvalue weighted by Crippen LogP contribution is -2.25. The predicted molar refractivity (Wildman–Crippen MR) is 69.9 cm³/mol. The summed E-state index contributed by atoms with van der Waals surface area (Å²) < 4.78 is 6.85. The maximum Gasteiger partial charge on any atom is 0.125 e. The molecule has 1 aliphatic rings. The molecule has 2 nitrogen and oxygen atoms in total. The van der Waals surface area contributed by atoms with Crippen molar-refractivity contribution >= 4 is 15.9 Å². The Labute approximate surface area is 105 Å². The molecule has 0 saturated carbocycles. The van der Waals surface area contributed by atoms with Crippen LogP contribution in [0.25, 0.3) is 0 Å². The van der Waals surface area contributed by atoms with E-state index >= 15 is 0 Å². The van der Waals surface area contributed by atoms with Gasteiger partial charge in [0.15, 0.2) is 0 Å². The van der Waals surface area contributed by atoms with Gasteiger partial charge in [0.1, 0.15) is 5.75 Å². The van der Waals surface area contributed by atoms with Gasteiger partial charge in [-0.1, -0.05) is 22.9 Å². The van der Waals surface area contributed by atoms with Crippen molar-refractivity contribution in [1.82, 2.24) is 0 Å². The average molecular weight is 284 g/mol. The van der Waals surface area contributed by atoms with E-state index < -0.39 is 0 Å². The van der Waals surface area contributed by atoms with Gasteiger partial charge in [0.25, 0.3) is 0 Å². The molecule has 0 amide bonds. The number of ether oxygens (including phenoxy) is 1. The van der Waals surface area contributed by atoms with Crippen LogP contribution in [0.2, 0.25) is 0 Å². The Morgan fingerprint density at radius 1 is 1.44 bits per heavy atom. The van der Waals surface area contributed by atoms with Crippen molar-refractivity contribution in [3.8, 4) is 5.75 Å². The smallest absolute Gasteiger partial charge is 0.125 e. The fraction of sp³-hybridized carbons (Fsp3) is 0.538. The van der Waals surface area contributed by atoms with Gasteiger partial charge in [-0.25, -0.2) is 0 Å². The Morgan fingerprint density at radius 2 is 2.19 bits per heavy atom. The van der Waals surface area contributed by atoms with Crippen molar-refractivity contribution in [3.05, 3.63) is 27.7 Å². The predicted octanol–water partition coefficient (Wildman–Crippen LogP) is 2.91. The quantitative estimate of drug-likeness (QED) is 0.926. The van der Waals surface area contributed by atoms with Gasteiger partial charge in [0.2, 0.25) is 0 Å². The van der Waals surface area contributed by atoms with Crippen LogP contribution in [-0.2, 0) is 12.8 Å². The number of hydrogen-bond donors (Lipinski definition) is 1. The number of benzene rings is 1. The molecular formula is C13H18BrNO. The lowest BCUT2D eigenvalue weighted by molar-refractivity contribution is 0.350. The van der Waals surface area contributed by atoms with Gasteiger partial charge >= 0.3 is 0 Å². The summed E-state index contributed by atoms with van der Waals surface area (Å²) >= 11 is 3.56. The Balaban J connectivity index is 2.27. The van der Waals surface area contributed by atoms with Crippen molar-refractivity contribution in [3.63, 3.8) is 0 Å². The highest BCUT2D eigenvalue weighted by atomic mass is 79.9. The largest absolute Gasteiger partial charge is 0.493 e. The van der Waals surface area contributed by atoms with E-state index in [0.717, 1.165) is 29.7 Å². The van der Waals surface area contributed by atoms with Gasteiger partial charge in [-0.05, 0) is 42.5 Å². The van der Waals surface area contributed by atoms with Gasteiger partial charge in [-0.3, -0.25) is 0 Å². The number of nitrogens with two attached hydrogens (primary N) is 1. The zero-order valence-electron chi connectivity index (χ0n) is 9.79. The summed E-state index contributed by atoms with van der Waals surface area (Å²) in [5, 5.41) is 0. The van der Waals surface area contributed by atoms with Crippen LogP contribution in [0.1, 0.15) is 25.0 Å². The summed E-state index contributed by atoms with van der Waals surface area (Å²) in [6.45, 7) is 5.06. The maximum absolute atomic E-state index is 5.91. The summed E-state index contributed by atoms with van der Waals surface area (Å²) in [6, 6.07) is 4.53. The van der Waals surface area contributed by atoms with Crippen LogP contribution in [0.15, 0.2) is 16.6 Å². The van der Waals surface area contributed by atoms with Crippen molar-refractivity contribution < 1.29 is 4.74 Å². The molecule has 0 saturated heterocycles. The van der Waals surface area contributed by atoms with E-state index in [1.807, 2.05) is 0 Å². The first kappa shape index (κ1) is 11.9. The summed E-state index contributed by atoms with van der Waals surface area (Å²) in [7, 11) is 0. The van der Waals surface area contributed by atoms with Gasteiger partial charge < -0.3 is 10.5 Å². The van der Waals surface area contributed by atoms with Crippen molar-refractivity contribution in [2.75, 3.05) is 6.61 Å². The molecule has 2 unspecified atom stereocenters. The topological polar surface area (TPSA) is 35.2 Å². The van der Waals surface area contributed by atoms with E-state index in [1.165, 1.54) is 11.1 Å². The van der Waals surface area contributed by atoms with E-state index in [9.17, 15) is 0 Å². The number of halogens is 1. The van der Waals surface area contributed by atoms with Crippen LogP contribution in [0.4, 0.5) is 0 Å². The molecule has 0 radical (unpaired) electrons. The first-order valence-corrected chi connectivity index (χ1v) is 6.57. The molecule has 1 aliphatic heterocycles. The number of hydrogen-bond acceptors (Lipinski definition) is 2. The van der Waals surface area contributed by atoms with E-state index in [0.29, 0.717) is 5.92 Å². The van der Waals surface area contributed by atoms with E-state index in [-0.39, 0.29) is 6.04 Å². The minimum Gasteiger partial charge on any atom is -0.493 e. The summed E-state index contributed by atoms with van der Waals surface area (Å²) in [5.41, 5.74) is 8.52. The lowest BCUT2D eigenvalue weighted by atomic mass is 9.94. The molecule has 2 atom stereocenters. The first-order valence-electron chi connectivity index (χ1n) is 5.77. The summed E-state index contributed by atoms with van der Waals surface area (Å²) in [4.78, 5) is 0. The van der Waals surface area contributed by atoms with Crippen LogP contribution in [-0.4, -0.2) is 12.6 Å². The molecule has 1 aromatic carbocycles. The fourth-order valence-corrected chi connectivity index (χ4v) is 2.58. The highest BCUT2D eigenvalue weighted by molar-refractivity contribution is 9.10. The molecule has 88 valence electrons. The Bertz CT molecular complexity index is 390. The second-order valence-electron chi connectivity index (χ2n) is 4.69. The monoisotopic (exact) mass is 283 g/mol. The SMILES string of the molecule is CC(N)C(C)Cc1cc(Br)cc2c1OCC2. The molecular weight excluding hydrogens is 266 g/mol. The highest BCUT2D eigenvalue weighted by Crippen LogP contribution is 2.34. The van der Waals surface area contributed by atoms with Gasteiger partial charge in [-0.2, -0.15) is 0 Å².